The molecule has 82 valence electrons. The molecule has 0 aromatic heterocycles. The minimum absolute atomic E-state index is 0.163. The maximum absolute atomic E-state index is 11.9. The average Bonchev–Trinajstić information content (AvgIpc) is 2.97. The molecule has 1 rings (SSSR count). The zero-order valence-corrected chi connectivity index (χ0v) is 9.33. The molecule has 0 aliphatic heterocycles. The monoisotopic (exact) mass is 198 g/mol. The molecule has 0 aromatic carbocycles. The number of carbonyl (C=O) groups excluding carboxylic acids is 1. The molecule has 3 heteroatoms. The number of nitrogens with two attached hydrogens (primary N) is 1. The second kappa shape index (κ2) is 5.35. The van der Waals surface area contributed by atoms with Gasteiger partial charge >= 0.3 is 0 Å². The highest BCUT2D eigenvalue weighted by Gasteiger charge is 2.33. The van der Waals surface area contributed by atoms with Gasteiger partial charge in [0, 0.05) is 12.6 Å². The third-order valence-corrected chi connectivity index (χ3v) is 2.65. The number of nitrogens with zero attached hydrogens (tertiary/aromatic N) is 1. The molecular formula is C11H22N2O. The first-order valence-corrected chi connectivity index (χ1v) is 5.76. The van der Waals surface area contributed by atoms with Gasteiger partial charge in [-0.2, -0.15) is 0 Å². The van der Waals surface area contributed by atoms with Crippen LogP contribution in [0.25, 0.3) is 0 Å². The van der Waals surface area contributed by atoms with Crippen LogP contribution in [0.5, 0.6) is 0 Å². The molecule has 0 bridgehead atoms. The molecule has 0 heterocycles. The molecule has 0 saturated heterocycles. The molecule has 0 aromatic rings. The molecule has 1 aliphatic carbocycles. The Kier molecular flexibility index (Phi) is 4.39. The summed E-state index contributed by atoms with van der Waals surface area (Å²) in [4.78, 5) is 13.9. The summed E-state index contributed by atoms with van der Waals surface area (Å²) in [6.45, 7) is 5.04. The fourth-order valence-corrected chi connectivity index (χ4v) is 1.75. The van der Waals surface area contributed by atoms with E-state index >= 15 is 0 Å². The summed E-state index contributed by atoms with van der Waals surface area (Å²) in [5, 5.41) is 0. The van der Waals surface area contributed by atoms with Gasteiger partial charge in [-0.25, -0.2) is 0 Å². The molecular weight excluding hydrogens is 176 g/mol. The van der Waals surface area contributed by atoms with Crippen LogP contribution in [-0.2, 0) is 4.79 Å². The largest absolute Gasteiger partial charge is 0.338 e. The summed E-state index contributed by atoms with van der Waals surface area (Å²) in [6, 6.07) is 0.234. The number of carbonyl (C=O) groups is 1. The van der Waals surface area contributed by atoms with Crippen molar-refractivity contribution >= 4 is 5.91 Å². The Morgan fingerprint density at radius 2 is 2.07 bits per heavy atom. The SMILES string of the molecule is CCCC(N)C(=O)N(CCC)C1CC1. The molecule has 1 aliphatic rings. The summed E-state index contributed by atoms with van der Waals surface area (Å²) >= 11 is 0. The van der Waals surface area contributed by atoms with Crippen LogP contribution in [0.2, 0.25) is 0 Å². The van der Waals surface area contributed by atoms with Gasteiger partial charge in [-0.15, -0.1) is 0 Å². The van der Waals surface area contributed by atoms with Crippen LogP contribution in [-0.4, -0.2) is 29.4 Å². The van der Waals surface area contributed by atoms with Crippen LogP contribution in [0.4, 0.5) is 0 Å². The van der Waals surface area contributed by atoms with Crippen LogP contribution < -0.4 is 5.73 Å². The maximum atomic E-state index is 11.9. The van der Waals surface area contributed by atoms with E-state index in [0.29, 0.717) is 6.04 Å². The summed E-state index contributed by atoms with van der Waals surface area (Å²) < 4.78 is 0. The molecule has 14 heavy (non-hydrogen) atoms. The van der Waals surface area contributed by atoms with Gasteiger partial charge in [0.05, 0.1) is 6.04 Å². The van der Waals surface area contributed by atoms with Gasteiger partial charge in [0.25, 0.3) is 0 Å². The molecule has 1 saturated carbocycles. The van der Waals surface area contributed by atoms with E-state index < -0.39 is 0 Å². The maximum Gasteiger partial charge on any atom is 0.239 e. The van der Waals surface area contributed by atoms with Crippen molar-refractivity contribution in [2.45, 2.75) is 58.0 Å². The third-order valence-electron chi connectivity index (χ3n) is 2.65. The highest BCUT2D eigenvalue weighted by molar-refractivity contribution is 5.82. The minimum atomic E-state index is -0.271. The van der Waals surface area contributed by atoms with Crippen molar-refractivity contribution in [1.29, 1.82) is 0 Å². The van der Waals surface area contributed by atoms with Gasteiger partial charge in [0.1, 0.15) is 0 Å². The van der Waals surface area contributed by atoms with Crippen LogP contribution in [0.15, 0.2) is 0 Å². The predicted octanol–water partition coefficient (Wildman–Crippen LogP) is 1.51. The second-order valence-corrected chi connectivity index (χ2v) is 4.16. The molecule has 1 amide bonds. The van der Waals surface area contributed by atoms with E-state index in [1.807, 2.05) is 4.90 Å². The summed E-state index contributed by atoms with van der Waals surface area (Å²) in [7, 11) is 0. The standard InChI is InChI=1S/C11H22N2O/c1-3-5-10(12)11(14)13(8-4-2)9-6-7-9/h9-10H,3-8,12H2,1-2H3. The lowest BCUT2D eigenvalue weighted by molar-refractivity contribution is -0.133. The van der Waals surface area contributed by atoms with E-state index in [9.17, 15) is 4.79 Å². The van der Waals surface area contributed by atoms with Gasteiger partial charge in [-0.05, 0) is 25.7 Å². The van der Waals surface area contributed by atoms with Gasteiger partial charge in [0.15, 0.2) is 0 Å². The summed E-state index contributed by atoms with van der Waals surface area (Å²) in [5.74, 6) is 0.163. The lowest BCUT2D eigenvalue weighted by Gasteiger charge is -2.25. The van der Waals surface area contributed by atoms with Gasteiger partial charge < -0.3 is 10.6 Å². The normalized spacial score (nSPS) is 17.9. The van der Waals surface area contributed by atoms with Crippen LogP contribution in [0, 0.1) is 0 Å². The van der Waals surface area contributed by atoms with Crippen LogP contribution in [0.3, 0.4) is 0 Å². The minimum Gasteiger partial charge on any atom is -0.338 e. The van der Waals surface area contributed by atoms with Gasteiger partial charge in [0.2, 0.25) is 5.91 Å². The molecule has 1 unspecified atom stereocenters. The zero-order valence-electron chi connectivity index (χ0n) is 9.33. The Morgan fingerprint density at radius 1 is 1.43 bits per heavy atom. The van der Waals surface area contributed by atoms with E-state index in [0.717, 1.165) is 25.8 Å². The summed E-state index contributed by atoms with van der Waals surface area (Å²) in [6.07, 6.45) is 5.17. The Labute approximate surface area is 86.6 Å². The first-order valence-electron chi connectivity index (χ1n) is 5.76. The predicted molar refractivity (Wildman–Crippen MR) is 57.9 cm³/mol. The number of hydrogen-bond acceptors (Lipinski definition) is 2. The zero-order chi connectivity index (χ0) is 10.6. The quantitative estimate of drug-likeness (QED) is 0.703. The van der Waals surface area contributed by atoms with Crippen LogP contribution in [0.1, 0.15) is 46.0 Å². The molecule has 0 spiro atoms. The van der Waals surface area contributed by atoms with Crippen molar-refractivity contribution in [3.05, 3.63) is 0 Å². The lowest BCUT2D eigenvalue weighted by atomic mass is 10.1. The summed E-state index contributed by atoms with van der Waals surface area (Å²) in [5.41, 5.74) is 5.83. The fourth-order valence-electron chi connectivity index (χ4n) is 1.75. The van der Waals surface area contributed by atoms with E-state index in [-0.39, 0.29) is 11.9 Å². The fraction of sp³-hybridized carbons (Fsp3) is 0.909. The molecule has 3 nitrogen and oxygen atoms in total. The van der Waals surface area contributed by atoms with E-state index in [1.165, 1.54) is 12.8 Å². The third kappa shape index (κ3) is 2.98. The van der Waals surface area contributed by atoms with Crippen molar-refractivity contribution in [3.63, 3.8) is 0 Å². The Morgan fingerprint density at radius 3 is 2.50 bits per heavy atom. The van der Waals surface area contributed by atoms with E-state index in [1.54, 1.807) is 0 Å². The highest BCUT2D eigenvalue weighted by atomic mass is 16.2. The molecule has 1 fully saturated rings. The lowest BCUT2D eigenvalue weighted by Crippen LogP contribution is -2.45. The van der Waals surface area contributed by atoms with Crippen molar-refractivity contribution in [1.82, 2.24) is 4.90 Å². The molecule has 0 radical (unpaired) electrons. The molecule has 2 N–H and O–H groups in total. The average molecular weight is 198 g/mol. The van der Waals surface area contributed by atoms with Crippen LogP contribution >= 0.6 is 0 Å². The Hall–Kier alpha value is -0.570. The number of rotatable bonds is 6. The Balaban J connectivity index is 2.44. The first kappa shape index (κ1) is 11.5. The van der Waals surface area contributed by atoms with E-state index in [4.69, 9.17) is 5.73 Å². The highest BCUT2D eigenvalue weighted by Crippen LogP contribution is 2.27. The second-order valence-electron chi connectivity index (χ2n) is 4.16. The van der Waals surface area contributed by atoms with Crippen molar-refractivity contribution < 1.29 is 4.79 Å². The number of hydrogen-bond donors (Lipinski definition) is 1. The number of amides is 1. The van der Waals surface area contributed by atoms with Crippen molar-refractivity contribution in [2.75, 3.05) is 6.54 Å². The van der Waals surface area contributed by atoms with Gasteiger partial charge in [-0.1, -0.05) is 20.3 Å². The first-order chi connectivity index (χ1) is 6.70. The van der Waals surface area contributed by atoms with Crippen molar-refractivity contribution in [2.24, 2.45) is 5.73 Å². The van der Waals surface area contributed by atoms with Crippen molar-refractivity contribution in [3.8, 4) is 0 Å². The van der Waals surface area contributed by atoms with Gasteiger partial charge in [-0.3, -0.25) is 4.79 Å². The molecule has 1 atom stereocenters. The van der Waals surface area contributed by atoms with E-state index in [2.05, 4.69) is 13.8 Å². The smallest absolute Gasteiger partial charge is 0.239 e. The topological polar surface area (TPSA) is 46.3 Å². The Bertz CT molecular complexity index is 190.